The molecule has 0 heterocycles. The fraction of sp³-hybridized carbons (Fsp3) is 0.750. The van der Waals surface area contributed by atoms with E-state index < -0.39 is 29.4 Å². The van der Waals surface area contributed by atoms with Crippen LogP contribution in [-0.2, 0) is 28.6 Å². The summed E-state index contributed by atoms with van der Waals surface area (Å²) in [7, 11) is 0. The van der Waals surface area contributed by atoms with Gasteiger partial charge in [0.15, 0.2) is 0 Å². The molecule has 0 aliphatic rings. The van der Waals surface area contributed by atoms with Crippen molar-refractivity contribution in [1.29, 1.82) is 0 Å². The lowest BCUT2D eigenvalue weighted by Crippen LogP contribution is -2.39. The summed E-state index contributed by atoms with van der Waals surface area (Å²) in [6.45, 7) is 8.20. The van der Waals surface area contributed by atoms with Crippen molar-refractivity contribution in [2.45, 2.75) is 40.2 Å². The summed E-state index contributed by atoms with van der Waals surface area (Å²) in [5.74, 6) is -4.54. The van der Waals surface area contributed by atoms with Crippen molar-refractivity contribution in [1.82, 2.24) is 0 Å². The Kier molecular flexibility index (Phi) is 6.36. The maximum Gasteiger partial charge on any atom is 0.332 e. The number of esters is 3. The molecule has 6 nitrogen and oxygen atoms in total. The summed E-state index contributed by atoms with van der Waals surface area (Å²) < 4.78 is 14.3. The molecule has 0 saturated heterocycles. The van der Waals surface area contributed by atoms with E-state index in [-0.39, 0.29) is 13.2 Å². The van der Waals surface area contributed by atoms with Crippen molar-refractivity contribution in [3.05, 3.63) is 0 Å². The van der Waals surface area contributed by atoms with E-state index >= 15 is 0 Å². The highest BCUT2D eigenvalue weighted by molar-refractivity contribution is 6.12. The van der Waals surface area contributed by atoms with Crippen molar-refractivity contribution >= 4 is 17.9 Å². The Morgan fingerprint density at radius 1 is 0.889 bits per heavy atom. The Bertz CT molecular complexity index is 297. The van der Waals surface area contributed by atoms with Crippen LogP contribution >= 0.6 is 0 Å². The van der Waals surface area contributed by atoms with Gasteiger partial charge in [-0.3, -0.25) is 14.4 Å². The highest BCUT2D eigenvalue weighted by Gasteiger charge is 2.40. The first-order valence-electron chi connectivity index (χ1n) is 5.79. The van der Waals surface area contributed by atoms with Gasteiger partial charge in [-0.1, -0.05) is 0 Å². The van der Waals surface area contributed by atoms with E-state index in [1.807, 2.05) is 0 Å². The fourth-order valence-electron chi connectivity index (χ4n) is 1.10. The molecule has 6 heteroatoms. The second-order valence-electron chi connectivity index (χ2n) is 4.47. The van der Waals surface area contributed by atoms with Crippen LogP contribution in [0.15, 0.2) is 0 Å². The molecule has 0 bridgehead atoms. The minimum absolute atomic E-state index is 0.0670. The van der Waals surface area contributed by atoms with Crippen LogP contribution < -0.4 is 0 Å². The van der Waals surface area contributed by atoms with Gasteiger partial charge < -0.3 is 14.2 Å². The molecular weight excluding hydrogens is 240 g/mol. The van der Waals surface area contributed by atoms with Gasteiger partial charge >= 0.3 is 17.9 Å². The molecule has 0 aliphatic carbocycles. The molecule has 0 atom stereocenters. The molecule has 0 amide bonds. The Morgan fingerprint density at radius 2 is 1.28 bits per heavy atom. The first kappa shape index (κ1) is 16.4. The second-order valence-corrected chi connectivity index (χ2v) is 4.47. The largest absolute Gasteiger partial charge is 0.465 e. The van der Waals surface area contributed by atoms with E-state index in [9.17, 15) is 14.4 Å². The van der Waals surface area contributed by atoms with E-state index in [1.165, 1.54) is 0 Å². The van der Waals surface area contributed by atoms with E-state index in [4.69, 9.17) is 4.74 Å². The van der Waals surface area contributed by atoms with Crippen LogP contribution in [0.3, 0.4) is 0 Å². The minimum Gasteiger partial charge on any atom is -0.465 e. The number of hydrogen-bond acceptors (Lipinski definition) is 6. The molecule has 0 saturated carbocycles. The average Bonchev–Trinajstić information content (AvgIpc) is 2.15. The molecule has 0 aromatic rings. The SMILES string of the molecule is CCOC(=O)C(C(=O)OCC)C(=O)OC(C)(C)C. The highest BCUT2D eigenvalue weighted by atomic mass is 16.6. The van der Waals surface area contributed by atoms with E-state index in [0.29, 0.717) is 0 Å². The first-order valence-corrected chi connectivity index (χ1v) is 5.79. The quantitative estimate of drug-likeness (QED) is 0.418. The number of hydrogen-bond donors (Lipinski definition) is 0. The Hall–Kier alpha value is -1.59. The zero-order chi connectivity index (χ0) is 14.3. The van der Waals surface area contributed by atoms with Crippen LogP contribution in [-0.4, -0.2) is 36.7 Å². The van der Waals surface area contributed by atoms with E-state index in [1.54, 1.807) is 34.6 Å². The predicted molar refractivity (Wildman–Crippen MR) is 62.6 cm³/mol. The van der Waals surface area contributed by atoms with Gasteiger partial charge in [-0.2, -0.15) is 0 Å². The predicted octanol–water partition coefficient (Wildman–Crippen LogP) is 1.07. The van der Waals surface area contributed by atoms with Gasteiger partial charge in [0, 0.05) is 0 Å². The lowest BCUT2D eigenvalue weighted by atomic mass is 10.1. The fourth-order valence-corrected chi connectivity index (χ4v) is 1.10. The van der Waals surface area contributed by atoms with Crippen molar-refractivity contribution < 1.29 is 28.6 Å². The second kappa shape index (κ2) is 6.98. The van der Waals surface area contributed by atoms with Gasteiger partial charge in [0.05, 0.1) is 13.2 Å². The Labute approximate surface area is 107 Å². The monoisotopic (exact) mass is 260 g/mol. The van der Waals surface area contributed by atoms with Gasteiger partial charge in [-0.05, 0) is 34.6 Å². The van der Waals surface area contributed by atoms with Crippen molar-refractivity contribution in [2.75, 3.05) is 13.2 Å². The van der Waals surface area contributed by atoms with Crippen LogP contribution in [0.4, 0.5) is 0 Å². The van der Waals surface area contributed by atoms with Crippen molar-refractivity contribution in [3.8, 4) is 0 Å². The van der Waals surface area contributed by atoms with Gasteiger partial charge in [0.25, 0.3) is 5.92 Å². The smallest absolute Gasteiger partial charge is 0.332 e. The number of rotatable bonds is 5. The van der Waals surface area contributed by atoms with E-state index in [2.05, 4.69) is 9.47 Å². The first-order chi connectivity index (χ1) is 8.22. The number of carbonyl (C=O) groups is 3. The van der Waals surface area contributed by atoms with E-state index in [0.717, 1.165) is 0 Å². The highest BCUT2D eigenvalue weighted by Crippen LogP contribution is 2.14. The third kappa shape index (κ3) is 5.65. The number of ether oxygens (including phenoxy) is 3. The molecule has 104 valence electrons. The van der Waals surface area contributed by atoms with Crippen LogP contribution in [0.2, 0.25) is 0 Å². The average molecular weight is 260 g/mol. The third-order valence-corrected chi connectivity index (χ3v) is 1.69. The molecule has 0 N–H and O–H groups in total. The Balaban J connectivity index is 4.91. The van der Waals surface area contributed by atoms with Gasteiger partial charge in [0.2, 0.25) is 0 Å². The van der Waals surface area contributed by atoms with Crippen LogP contribution in [0, 0.1) is 5.92 Å². The molecule has 0 aromatic carbocycles. The van der Waals surface area contributed by atoms with Crippen molar-refractivity contribution in [2.24, 2.45) is 5.92 Å². The topological polar surface area (TPSA) is 78.9 Å². The summed E-state index contributed by atoms with van der Waals surface area (Å²) in [5.41, 5.74) is -0.797. The maximum absolute atomic E-state index is 11.8. The Morgan fingerprint density at radius 3 is 1.56 bits per heavy atom. The molecule has 0 radical (unpaired) electrons. The maximum atomic E-state index is 11.8. The lowest BCUT2D eigenvalue weighted by Gasteiger charge is -2.22. The van der Waals surface area contributed by atoms with Gasteiger partial charge in [-0.25, -0.2) is 0 Å². The molecule has 0 unspecified atom stereocenters. The van der Waals surface area contributed by atoms with Crippen LogP contribution in [0.5, 0.6) is 0 Å². The standard InChI is InChI=1S/C12H20O6/c1-6-16-9(13)8(10(14)17-7-2)11(15)18-12(3,4)5/h8H,6-7H2,1-5H3. The molecule has 0 spiro atoms. The summed E-state index contributed by atoms with van der Waals surface area (Å²) in [5, 5.41) is 0. The van der Waals surface area contributed by atoms with Crippen LogP contribution in [0.25, 0.3) is 0 Å². The molecule has 0 aliphatic heterocycles. The number of carbonyl (C=O) groups excluding carboxylic acids is 3. The third-order valence-electron chi connectivity index (χ3n) is 1.69. The summed E-state index contributed by atoms with van der Waals surface area (Å²) in [6.07, 6.45) is 0. The van der Waals surface area contributed by atoms with Crippen molar-refractivity contribution in [3.63, 3.8) is 0 Å². The summed E-state index contributed by atoms with van der Waals surface area (Å²) in [4.78, 5) is 34.9. The zero-order valence-corrected chi connectivity index (χ0v) is 11.4. The van der Waals surface area contributed by atoms with Gasteiger partial charge in [0.1, 0.15) is 5.60 Å². The van der Waals surface area contributed by atoms with Gasteiger partial charge in [-0.15, -0.1) is 0 Å². The lowest BCUT2D eigenvalue weighted by molar-refractivity contribution is -0.177. The molecule has 18 heavy (non-hydrogen) atoms. The molecule has 0 aromatic heterocycles. The molecular formula is C12H20O6. The molecule has 0 fully saturated rings. The minimum atomic E-state index is -1.68. The summed E-state index contributed by atoms with van der Waals surface area (Å²) >= 11 is 0. The molecule has 0 rings (SSSR count). The zero-order valence-electron chi connectivity index (χ0n) is 11.4. The van der Waals surface area contributed by atoms with Crippen LogP contribution in [0.1, 0.15) is 34.6 Å². The normalized spacial score (nSPS) is 11.0. The summed E-state index contributed by atoms with van der Waals surface area (Å²) in [6, 6.07) is 0.